The summed E-state index contributed by atoms with van der Waals surface area (Å²) >= 11 is 1.41. The number of methoxy groups -OCH3 is 1. The average molecular weight is 278 g/mol. The number of rotatable bonds is 4. The zero-order chi connectivity index (χ0) is 13.8. The van der Waals surface area contributed by atoms with Gasteiger partial charge in [0.15, 0.2) is 0 Å². The summed E-state index contributed by atoms with van der Waals surface area (Å²) in [6, 6.07) is 12.3. The van der Waals surface area contributed by atoms with Crippen LogP contribution in [0.4, 0.5) is 4.39 Å². The lowest BCUT2D eigenvalue weighted by molar-refractivity contribution is 0.191. The third kappa shape index (κ3) is 3.28. The summed E-state index contributed by atoms with van der Waals surface area (Å²) in [6.07, 6.45) is -0.839. The Bertz CT molecular complexity index is 570. The minimum Gasteiger partial charge on any atom is -0.497 e. The summed E-state index contributed by atoms with van der Waals surface area (Å²) in [5.41, 5.74) is 0.329. The third-order valence-electron chi connectivity index (χ3n) is 2.70. The van der Waals surface area contributed by atoms with Gasteiger partial charge in [-0.25, -0.2) is 4.39 Å². The van der Waals surface area contributed by atoms with Crippen molar-refractivity contribution in [3.63, 3.8) is 0 Å². The molecule has 0 unspecified atom stereocenters. The molecule has 0 spiro atoms. The van der Waals surface area contributed by atoms with E-state index in [9.17, 15) is 9.50 Å². The summed E-state index contributed by atoms with van der Waals surface area (Å²) in [6.45, 7) is 1.56. The second kappa shape index (κ2) is 6.08. The van der Waals surface area contributed by atoms with Crippen LogP contribution in [-0.2, 0) is 0 Å². The van der Waals surface area contributed by atoms with Gasteiger partial charge in [0.1, 0.15) is 11.6 Å². The van der Waals surface area contributed by atoms with Crippen LogP contribution < -0.4 is 4.74 Å². The van der Waals surface area contributed by atoms with Crippen molar-refractivity contribution in [3.05, 3.63) is 53.8 Å². The number of benzene rings is 2. The Labute approximate surface area is 116 Å². The maximum absolute atomic E-state index is 13.8. The molecule has 1 atom stereocenters. The molecule has 1 N–H and O–H groups in total. The van der Waals surface area contributed by atoms with Gasteiger partial charge in [-0.2, -0.15) is 0 Å². The summed E-state index contributed by atoms with van der Waals surface area (Å²) in [7, 11) is 1.60. The smallest absolute Gasteiger partial charge is 0.130 e. The van der Waals surface area contributed by atoms with Crippen molar-refractivity contribution in [1.82, 2.24) is 0 Å². The van der Waals surface area contributed by atoms with Crippen LogP contribution in [0.3, 0.4) is 0 Å². The monoisotopic (exact) mass is 278 g/mol. The molecule has 2 nitrogen and oxygen atoms in total. The molecule has 2 rings (SSSR count). The molecule has 19 heavy (non-hydrogen) atoms. The SMILES string of the molecule is COc1cccc(Sc2cccc(F)c2[C@H](C)O)c1. The molecule has 0 saturated carbocycles. The highest BCUT2D eigenvalue weighted by atomic mass is 32.2. The highest BCUT2D eigenvalue weighted by molar-refractivity contribution is 7.99. The van der Waals surface area contributed by atoms with Gasteiger partial charge < -0.3 is 9.84 Å². The summed E-state index contributed by atoms with van der Waals surface area (Å²) < 4.78 is 18.9. The molecule has 0 heterocycles. The molecule has 2 aromatic carbocycles. The largest absolute Gasteiger partial charge is 0.497 e. The first-order valence-corrected chi connectivity index (χ1v) is 6.72. The van der Waals surface area contributed by atoms with E-state index < -0.39 is 6.10 Å². The minimum absolute atomic E-state index is 0.329. The molecule has 0 bridgehead atoms. The molecule has 100 valence electrons. The average Bonchev–Trinajstić information content (AvgIpc) is 2.38. The van der Waals surface area contributed by atoms with Crippen molar-refractivity contribution in [1.29, 1.82) is 0 Å². The van der Waals surface area contributed by atoms with Gasteiger partial charge in [-0.05, 0) is 37.3 Å². The zero-order valence-corrected chi connectivity index (χ0v) is 11.6. The Balaban J connectivity index is 2.35. The number of hydrogen-bond acceptors (Lipinski definition) is 3. The molecule has 4 heteroatoms. The minimum atomic E-state index is -0.839. The van der Waals surface area contributed by atoms with Gasteiger partial charge in [0.05, 0.1) is 13.2 Å². The van der Waals surface area contributed by atoms with Crippen LogP contribution in [-0.4, -0.2) is 12.2 Å². The predicted molar refractivity (Wildman–Crippen MR) is 74.2 cm³/mol. The number of aliphatic hydroxyl groups is 1. The molecular formula is C15H15FO2S. The molecule has 0 aliphatic carbocycles. The van der Waals surface area contributed by atoms with E-state index in [1.54, 1.807) is 26.2 Å². The van der Waals surface area contributed by atoms with Crippen LogP contribution in [0.2, 0.25) is 0 Å². The van der Waals surface area contributed by atoms with E-state index in [1.165, 1.54) is 17.8 Å². The first-order chi connectivity index (χ1) is 9.11. The number of ether oxygens (including phenoxy) is 1. The van der Waals surface area contributed by atoms with Crippen molar-refractivity contribution in [3.8, 4) is 5.75 Å². The molecule has 0 amide bonds. The van der Waals surface area contributed by atoms with Crippen LogP contribution >= 0.6 is 11.8 Å². The molecule has 0 radical (unpaired) electrons. The fraction of sp³-hybridized carbons (Fsp3) is 0.200. The van der Waals surface area contributed by atoms with Gasteiger partial charge in [0.2, 0.25) is 0 Å². The Kier molecular flexibility index (Phi) is 4.45. The van der Waals surface area contributed by atoms with Gasteiger partial charge in [0, 0.05) is 15.4 Å². The molecule has 0 aliphatic heterocycles. The number of aliphatic hydroxyl groups excluding tert-OH is 1. The van der Waals surface area contributed by atoms with Gasteiger partial charge in [-0.1, -0.05) is 23.9 Å². The van der Waals surface area contributed by atoms with Crippen molar-refractivity contribution >= 4 is 11.8 Å². The van der Waals surface area contributed by atoms with Crippen LogP contribution in [0, 0.1) is 5.82 Å². The maximum atomic E-state index is 13.8. The Hall–Kier alpha value is -1.52. The normalized spacial score (nSPS) is 12.2. The second-order valence-electron chi connectivity index (χ2n) is 4.11. The Morgan fingerprint density at radius 2 is 1.95 bits per heavy atom. The van der Waals surface area contributed by atoms with E-state index in [0.29, 0.717) is 10.5 Å². The molecular weight excluding hydrogens is 263 g/mol. The van der Waals surface area contributed by atoms with E-state index in [0.717, 1.165) is 10.6 Å². The van der Waals surface area contributed by atoms with E-state index in [-0.39, 0.29) is 5.82 Å². The van der Waals surface area contributed by atoms with E-state index in [2.05, 4.69) is 0 Å². The first-order valence-electron chi connectivity index (χ1n) is 5.90. The topological polar surface area (TPSA) is 29.5 Å². The fourth-order valence-electron chi connectivity index (χ4n) is 1.80. The van der Waals surface area contributed by atoms with Crippen molar-refractivity contribution in [2.75, 3.05) is 7.11 Å². The van der Waals surface area contributed by atoms with Gasteiger partial charge >= 0.3 is 0 Å². The first kappa shape index (κ1) is 13.9. The van der Waals surface area contributed by atoms with Crippen molar-refractivity contribution < 1.29 is 14.2 Å². The standard InChI is InChI=1S/C15H15FO2S/c1-10(17)15-13(16)7-4-8-14(15)19-12-6-3-5-11(9-12)18-2/h3-10,17H,1-2H3/t10-/m0/s1. The van der Waals surface area contributed by atoms with Crippen LogP contribution in [0.1, 0.15) is 18.6 Å². The molecule has 0 aromatic heterocycles. The van der Waals surface area contributed by atoms with E-state index in [4.69, 9.17) is 4.74 Å². The lowest BCUT2D eigenvalue weighted by Crippen LogP contribution is -1.98. The molecule has 0 saturated heterocycles. The second-order valence-corrected chi connectivity index (χ2v) is 5.22. The fourth-order valence-corrected chi connectivity index (χ4v) is 2.90. The highest BCUT2D eigenvalue weighted by Gasteiger charge is 2.14. The third-order valence-corrected chi connectivity index (χ3v) is 3.77. The zero-order valence-electron chi connectivity index (χ0n) is 10.8. The van der Waals surface area contributed by atoms with Crippen LogP contribution in [0.25, 0.3) is 0 Å². The molecule has 0 fully saturated rings. The van der Waals surface area contributed by atoms with Crippen LogP contribution in [0.5, 0.6) is 5.75 Å². The highest BCUT2D eigenvalue weighted by Crippen LogP contribution is 2.35. The van der Waals surface area contributed by atoms with E-state index >= 15 is 0 Å². The Morgan fingerprint density at radius 3 is 2.63 bits per heavy atom. The Morgan fingerprint density at radius 1 is 1.21 bits per heavy atom. The molecule has 0 aliphatic rings. The summed E-state index contributed by atoms with van der Waals surface area (Å²) in [5.74, 6) is 0.364. The van der Waals surface area contributed by atoms with Crippen molar-refractivity contribution in [2.24, 2.45) is 0 Å². The number of halogens is 1. The van der Waals surface area contributed by atoms with Crippen molar-refractivity contribution in [2.45, 2.75) is 22.8 Å². The summed E-state index contributed by atoms with van der Waals surface area (Å²) in [5, 5.41) is 9.69. The van der Waals surface area contributed by atoms with Crippen LogP contribution in [0.15, 0.2) is 52.3 Å². The quantitative estimate of drug-likeness (QED) is 0.915. The lowest BCUT2D eigenvalue weighted by Gasteiger charge is -2.12. The summed E-state index contributed by atoms with van der Waals surface area (Å²) in [4.78, 5) is 1.65. The maximum Gasteiger partial charge on any atom is 0.130 e. The lowest BCUT2D eigenvalue weighted by atomic mass is 10.1. The molecule has 2 aromatic rings. The van der Waals surface area contributed by atoms with Gasteiger partial charge in [-0.3, -0.25) is 0 Å². The van der Waals surface area contributed by atoms with E-state index in [1.807, 2.05) is 24.3 Å². The number of hydrogen-bond donors (Lipinski definition) is 1. The van der Waals surface area contributed by atoms with Gasteiger partial charge in [-0.15, -0.1) is 0 Å². The van der Waals surface area contributed by atoms with Gasteiger partial charge in [0.25, 0.3) is 0 Å². The predicted octanol–water partition coefficient (Wildman–Crippen LogP) is 4.04.